The second-order valence-electron chi connectivity index (χ2n) is 36.3. The molecular weight excluding hydrogens is 1870 g/mol. The number of phenolic OH excluding ortho intramolecular Hbond substituents is 4. The van der Waals surface area contributed by atoms with Crippen molar-refractivity contribution >= 4 is 110 Å². The number of rotatable bonds is 38. The Kier molecular flexibility index (Phi) is 41.0. The third-order valence-corrected chi connectivity index (χ3v) is 20.6. The first kappa shape index (κ1) is 112. The Morgan fingerprint density at radius 3 is 0.945 bits per heavy atom. The van der Waals surface area contributed by atoms with E-state index in [2.05, 4.69) is 69.9 Å². The summed E-state index contributed by atoms with van der Waals surface area (Å²) in [4.78, 5) is 136. The number of aliphatic carboxylic acids is 2. The van der Waals surface area contributed by atoms with Crippen molar-refractivity contribution in [2.75, 3.05) is 26.4 Å². The van der Waals surface area contributed by atoms with E-state index >= 15 is 0 Å². The highest BCUT2D eigenvalue weighted by Gasteiger charge is 2.31. The summed E-state index contributed by atoms with van der Waals surface area (Å²) in [5, 5.41) is 110. The maximum Gasteiger partial charge on any atom is 0.408 e. The van der Waals surface area contributed by atoms with Crippen LogP contribution in [0.5, 0.6) is 23.0 Å². The number of carbonyl (C=O) groups excluding carboxylic acids is 9. The Balaban J connectivity index is 0.000000205. The fraction of sp³-hybridized carbons (Fsp3) is 0.343. The molecule has 13 aromatic rings. The third-order valence-electron chi connectivity index (χ3n) is 20.6. The molecule has 145 heavy (non-hydrogen) atoms. The van der Waals surface area contributed by atoms with Crippen LogP contribution in [0.25, 0.3) is 66.9 Å². The molecule has 40 heteroatoms. The normalized spacial score (nSPS) is 12.0. The van der Waals surface area contributed by atoms with Gasteiger partial charge in [0.1, 0.15) is 131 Å². The molecule has 0 saturated heterocycles. The number of nitrogens with zero attached hydrogens (tertiary/aromatic N) is 12. The van der Waals surface area contributed by atoms with Gasteiger partial charge < -0.3 is 84.9 Å². The van der Waals surface area contributed by atoms with Crippen LogP contribution in [0.2, 0.25) is 0 Å². The molecule has 0 radical (unpaired) electrons. The van der Waals surface area contributed by atoms with Crippen molar-refractivity contribution in [1.29, 1.82) is 0 Å². The zero-order valence-electron chi connectivity index (χ0n) is 82.6. The summed E-state index contributed by atoms with van der Waals surface area (Å²) in [6, 6.07) is 55.6. The fourth-order valence-corrected chi connectivity index (χ4v) is 13.2. The molecule has 0 aliphatic rings. The highest BCUT2D eigenvalue weighted by atomic mass is 16.6. The predicted molar refractivity (Wildman–Crippen MR) is 533 cm³/mol. The molecule has 10 N–H and O–H groups in total. The van der Waals surface area contributed by atoms with Gasteiger partial charge in [0.15, 0.2) is 0 Å². The molecule has 4 heterocycles. The van der Waals surface area contributed by atoms with Crippen LogP contribution < -0.4 is 16.0 Å². The number of nitrogens with one attached hydrogen (secondary N) is 3. The zero-order chi connectivity index (χ0) is 106. The van der Waals surface area contributed by atoms with Crippen LogP contribution in [0.4, 0.5) is 4.79 Å². The highest BCUT2D eigenvalue weighted by molar-refractivity contribution is 5.96. The van der Waals surface area contributed by atoms with E-state index in [1.807, 2.05) is 136 Å². The van der Waals surface area contributed by atoms with E-state index in [9.17, 15) is 78.3 Å². The monoisotopic (exact) mass is 1990 g/mol. The smallest absolute Gasteiger partial charge is 0.408 e. The number of carboxylic acid groups (broad SMARTS) is 2. The van der Waals surface area contributed by atoms with Crippen molar-refractivity contribution in [3.63, 3.8) is 0 Å². The summed E-state index contributed by atoms with van der Waals surface area (Å²) in [6.07, 6.45) is 0.789. The van der Waals surface area contributed by atoms with Crippen LogP contribution in [-0.4, -0.2) is 223 Å². The van der Waals surface area contributed by atoms with Gasteiger partial charge in [-0.25, -0.2) is 19.2 Å². The minimum Gasteiger partial charge on any atom is -0.506 e. The Morgan fingerprint density at radius 1 is 0.345 bits per heavy atom. The van der Waals surface area contributed by atoms with Crippen molar-refractivity contribution in [3.8, 4) is 45.7 Å². The number of ether oxygens (including phenoxy) is 7. The first-order chi connectivity index (χ1) is 68.7. The molecule has 0 fully saturated rings. The molecule has 9 aromatic carbocycles. The van der Waals surface area contributed by atoms with Crippen LogP contribution in [0.3, 0.4) is 0 Å². The number of esters is 6. The largest absolute Gasteiger partial charge is 0.506 e. The minimum atomic E-state index is -1.24. The quantitative estimate of drug-likeness (QED) is 0.00976. The molecule has 13 rings (SSSR count). The Bertz CT molecular complexity index is 6580. The molecule has 0 saturated carbocycles. The average molecular weight is 1990 g/mol. The van der Waals surface area contributed by atoms with Gasteiger partial charge in [-0.2, -0.15) is 0 Å². The van der Waals surface area contributed by atoms with E-state index in [0.29, 0.717) is 76.9 Å². The van der Waals surface area contributed by atoms with Crippen molar-refractivity contribution in [1.82, 2.24) is 75.9 Å². The van der Waals surface area contributed by atoms with E-state index < -0.39 is 88.7 Å². The summed E-state index contributed by atoms with van der Waals surface area (Å²) in [6.45, 7) is 27.8. The van der Waals surface area contributed by atoms with Gasteiger partial charge in [0, 0.05) is 62.7 Å². The SMILES string of the molecule is C=C(C)C(=O)N[C@@H](CCC(=O)OCCc1ccc(O)c(-n2nc3ccccc3n2)c1)C(=O)O.C=C(C)C(=O)N[C@@H](CCC(=O)OCCc1ccc(O)c(-n2nc3ccccc3n2)c1)C(=O)OC(C)(C)C.CC(C)(C)OC(=O)N[C@@H](CCC(=O)O)C(=O)OCc1ccccc1.C[C@@H](CCC(=O)OCCc1ccc(O)c(-n2nc3ccccc3n2)c1)C(=O)OC(C)(C)C.OCCc1ccc(O)c(-n2nc3ccccc3n2)c1. The Labute approximate surface area is 835 Å². The molecule has 0 aliphatic heterocycles. The first-order valence-electron chi connectivity index (χ1n) is 46.4. The number of aromatic hydroxyl groups is 4. The maximum absolute atomic E-state index is 12.5. The molecular formula is C105H121N15O25. The van der Waals surface area contributed by atoms with Gasteiger partial charge in [-0.3, -0.25) is 33.6 Å². The van der Waals surface area contributed by atoms with Gasteiger partial charge in [-0.15, -0.1) is 60.0 Å². The van der Waals surface area contributed by atoms with Crippen LogP contribution in [0.15, 0.2) is 224 Å². The third kappa shape index (κ3) is 37.0. The second kappa shape index (κ2) is 53.2. The van der Waals surface area contributed by atoms with E-state index in [1.165, 1.54) is 45.2 Å². The van der Waals surface area contributed by atoms with E-state index in [0.717, 1.165) is 49.9 Å². The highest BCUT2D eigenvalue weighted by Crippen LogP contribution is 2.30. The Morgan fingerprint density at radius 2 is 0.634 bits per heavy atom. The molecule has 0 unspecified atom stereocenters. The number of phenols is 4. The van der Waals surface area contributed by atoms with Crippen LogP contribution >= 0.6 is 0 Å². The number of aliphatic hydroxyl groups excluding tert-OH is 1. The number of hydrogen-bond acceptors (Lipinski definition) is 31. The first-order valence-corrected chi connectivity index (χ1v) is 46.4. The maximum atomic E-state index is 12.5. The second-order valence-corrected chi connectivity index (χ2v) is 36.3. The lowest BCUT2D eigenvalue weighted by Gasteiger charge is -2.24. The standard InChI is InChI=1S/C27H32N4O6.C24H29N3O5.C23H24N4O6.C17H23NO6.C14H13N3O2/c1-17(2)25(34)28-21(26(35)37-27(3,4)5)11-13-24(33)36-15-14-18-10-12-23(32)22(16-18)31-29-19-8-6-7-9-20(19)30-31;1-16(23(30)32-24(2,3)4)9-12-22(29)31-14-13-17-10-11-21(28)20(15-17)27-25-18-7-5-6-8-19(18)26-27;1-14(2)22(30)24-18(23(31)32)8-10-21(29)33-12-11-15-7-9-20(28)19(13-15)27-25-16-5-3-4-6-17(16)26-27;1-17(2,3)24-16(22)18-13(9-10-14(19)20)15(21)23-11-12-7-5-4-6-8-12;18-8-7-10-5-6-14(19)13(9-10)17-15-11-3-1-2-4-12(11)16-17/h6-10,12,16,21,32H,1,11,13-15H2,2-5H3,(H,28,34);5-8,10-11,15-16,28H,9,12-14H2,1-4H3;3-7,9,13,18,28H,1,8,10-12H2,2H3,(H,24,30)(H,31,32);4-8,13H,9-11H2,1-3H3,(H,18,22)(H,19,20);1-6,9,18-19H,7-8H2/t21-;16-;18-;13-;/m0000./s1. The molecule has 4 atom stereocenters. The number of hydrogen-bond donors (Lipinski definition) is 10. The van der Waals surface area contributed by atoms with Gasteiger partial charge in [0.25, 0.3) is 0 Å². The molecule has 766 valence electrons. The van der Waals surface area contributed by atoms with Crippen molar-refractivity contribution in [2.45, 2.75) is 202 Å². The number of carbonyl (C=O) groups is 11. The van der Waals surface area contributed by atoms with Gasteiger partial charge in [0.2, 0.25) is 11.8 Å². The minimum absolute atomic E-state index is 0.00701. The zero-order valence-corrected chi connectivity index (χ0v) is 82.6. The van der Waals surface area contributed by atoms with Gasteiger partial charge in [-0.1, -0.05) is 123 Å². The number of amides is 3. The number of benzene rings is 9. The predicted octanol–water partition coefficient (Wildman–Crippen LogP) is 13.7. The van der Waals surface area contributed by atoms with Crippen molar-refractivity contribution in [2.24, 2.45) is 5.92 Å². The van der Waals surface area contributed by atoms with Gasteiger partial charge in [0.05, 0.1) is 25.7 Å². The summed E-state index contributed by atoms with van der Waals surface area (Å²) >= 11 is 0. The topological polar surface area (TPSA) is 553 Å². The van der Waals surface area contributed by atoms with E-state index in [4.69, 9.17) is 43.4 Å². The fourth-order valence-electron chi connectivity index (χ4n) is 13.2. The molecule has 0 spiro atoms. The van der Waals surface area contributed by atoms with Crippen molar-refractivity contribution in [3.05, 3.63) is 252 Å². The molecule has 4 aromatic heterocycles. The Hall–Kier alpha value is -16.8. The van der Waals surface area contributed by atoms with Crippen LogP contribution in [0, 0.1) is 5.92 Å². The average Bonchev–Trinajstić information content (AvgIpc) is 1.67. The number of alkyl carbamates (subject to hydrolysis) is 1. The van der Waals surface area contributed by atoms with E-state index in [1.54, 1.807) is 121 Å². The number of aromatic nitrogens is 12. The number of fused-ring (bicyclic) bond motifs is 4. The number of carboxylic acids is 2. The molecule has 0 bridgehead atoms. The summed E-state index contributed by atoms with van der Waals surface area (Å²) in [5.74, 6) is -6.68. The van der Waals surface area contributed by atoms with Gasteiger partial charge >= 0.3 is 53.8 Å². The van der Waals surface area contributed by atoms with Crippen LogP contribution in [-0.2, 0) is 113 Å². The summed E-state index contributed by atoms with van der Waals surface area (Å²) in [7, 11) is 0. The molecule has 40 nitrogen and oxygen atoms in total. The molecule has 0 aliphatic carbocycles. The lowest BCUT2D eigenvalue weighted by molar-refractivity contribution is -0.160. The van der Waals surface area contributed by atoms with Crippen LogP contribution in [0.1, 0.15) is 162 Å². The van der Waals surface area contributed by atoms with Crippen molar-refractivity contribution < 1.29 is 122 Å². The number of aliphatic hydroxyl groups is 1. The van der Waals surface area contributed by atoms with Gasteiger partial charge in [-0.05, 0) is 233 Å². The summed E-state index contributed by atoms with van der Waals surface area (Å²) < 4.78 is 36.7. The lowest BCUT2D eigenvalue weighted by Crippen LogP contribution is -2.44. The summed E-state index contributed by atoms with van der Waals surface area (Å²) in [5.41, 5.74) is 10.1. The molecule has 3 amide bonds. The van der Waals surface area contributed by atoms with E-state index in [-0.39, 0.29) is 130 Å². The lowest BCUT2D eigenvalue weighted by atomic mass is 10.1.